The van der Waals surface area contributed by atoms with Crippen LogP contribution in [0.5, 0.6) is 0 Å². The molecule has 2 atom stereocenters. The van der Waals surface area contributed by atoms with Crippen molar-refractivity contribution in [1.29, 1.82) is 0 Å². The quantitative estimate of drug-likeness (QED) is 0.770. The lowest BCUT2D eigenvalue weighted by molar-refractivity contribution is -0.152. The summed E-state index contributed by atoms with van der Waals surface area (Å²) < 4.78 is 5.28. The molecule has 1 aromatic heterocycles. The van der Waals surface area contributed by atoms with Crippen molar-refractivity contribution in [3.8, 4) is 0 Å². The Balaban J connectivity index is 1.41. The Morgan fingerprint density at radius 3 is 2.73 bits per heavy atom. The van der Waals surface area contributed by atoms with E-state index in [-0.39, 0.29) is 24.4 Å². The van der Waals surface area contributed by atoms with Gasteiger partial charge in [-0.05, 0) is 11.4 Å². The van der Waals surface area contributed by atoms with E-state index in [1.54, 1.807) is 26.0 Å². The highest BCUT2D eigenvalue weighted by Crippen LogP contribution is 2.21. The molecule has 8 nitrogen and oxygen atoms in total. The fourth-order valence-electron chi connectivity index (χ4n) is 3.70. The highest BCUT2D eigenvalue weighted by Gasteiger charge is 2.44. The molecule has 9 heteroatoms. The summed E-state index contributed by atoms with van der Waals surface area (Å²) in [7, 11) is 0. The molecule has 0 aliphatic carbocycles. The SMILES string of the molecule is O=C1N[C@H](Cc2cccs2)C(=O)N2CCN(C(=O)N3CCOCC3)C[C@H]12. The van der Waals surface area contributed by atoms with Gasteiger partial charge in [-0.25, -0.2) is 4.79 Å². The molecule has 3 fully saturated rings. The molecular formula is C17H22N4O4S. The molecule has 0 saturated carbocycles. The normalized spacial score (nSPS) is 26.5. The highest BCUT2D eigenvalue weighted by molar-refractivity contribution is 7.09. The minimum absolute atomic E-state index is 0.0542. The number of hydrogen-bond acceptors (Lipinski definition) is 5. The van der Waals surface area contributed by atoms with Crippen molar-refractivity contribution < 1.29 is 19.1 Å². The minimum Gasteiger partial charge on any atom is -0.378 e. The summed E-state index contributed by atoms with van der Waals surface area (Å²) >= 11 is 1.58. The average Bonchev–Trinajstić information content (AvgIpc) is 3.19. The first-order valence-electron chi connectivity index (χ1n) is 8.88. The summed E-state index contributed by atoms with van der Waals surface area (Å²) in [5.74, 6) is -0.230. The molecule has 0 aromatic carbocycles. The maximum Gasteiger partial charge on any atom is 0.320 e. The monoisotopic (exact) mass is 378 g/mol. The zero-order valence-electron chi connectivity index (χ0n) is 14.4. The minimum atomic E-state index is -0.596. The molecule has 4 rings (SSSR count). The number of rotatable bonds is 2. The zero-order chi connectivity index (χ0) is 18.1. The Kier molecular flexibility index (Phi) is 4.82. The van der Waals surface area contributed by atoms with E-state index in [0.717, 1.165) is 4.88 Å². The second kappa shape index (κ2) is 7.24. The summed E-state index contributed by atoms with van der Waals surface area (Å²) in [5.41, 5.74) is 0. The summed E-state index contributed by atoms with van der Waals surface area (Å²) in [6.07, 6.45) is 0.516. The van der Waals surface area contributed by atoms with Gasteiger partial charge < -0.3 is 24.8 Å². The van der Waals surface area contributed by atoms with Crippen LogP contribution < -0.4 is 5.32 Å². The van der Waals surface area contributed by atoms with Gasteiger partial charge in [-0.2, -0.15) is 0 Å². The molecule has 26 heavy (non-hydrogen) atoms. The van der Waals surface area contributed by atoms with Gasteiger partial charge >= 0.3 is 6.03 Å². The van der Waals surface area contributed by atoms with Crippen LogP contribution in [-0.2, 0) is 20.7 Å². The zero-order valence-corrected chi connectivity index (χ0v) is 15.2. The highest BCUT2D eigenvalue weighted by atomic mass is 32.1. The first-order valence-corrected chi connectivity index (χ1v) is 9.76. The van der Waals surface area contributed by atoms with Crippen LogP contribution in [0.4, 0.5) is 4.79 Å². The Hall–Kier alpha value is -2.13. The molecule has 0 unspecified atom stereocenters. The lowest BCUT2D eigenvalue weighted by Gasteiger charge is -2.46. The molecule has 0 spiro atoms. The maximum absolute atomic E-state index is 12.8. The van der Waals surface area contributed by atoms with Crippen molar-refractivity contribution in [3.63, 3.8) is 0 Å². The molecule has 1 aromatic rings. The number of hydrogen-bond donors (Lipinski definition) is 1. The predicted octanol–water partition coefficient (Wildman–Crippen LogP) is -0.246. The molecule has 3 aliphatic heterocycles. The van der Waals surface area contributed by atoms with Gasteiger partial charge in [-0.3, -0.25) is 9.59 Å². The van der Waals surface area contributed by atoms with Crippen molar-refractivity contribution in [2.45, 2.75) is 18.5 Å². The average molecular weight is 378 g/mol. The van der Waals surface area contributed by atoms with Crippen molar-refractivity contribution in [1.82, 2.24) is 20.0 Å². The van der Waals surface area contributed by atoms with Crippen molar-refractivity contribution in [3.05, 3.63) is 22.4 Å². The van der Waals surface area contributed by atoms with Crippen LogP contribution in [0, 0.1) is 0 Å². The van der Waals surface area contributed by atoms with Crippen LogP contribution in [0.2, 0.25) is 0 Å². The molecule has 140 valence electrons. The van der Waals surface area contributed by atoms with Gasteiger partial charge in [0.25, 0.3) is 0 Å². The van der Waals surface area contributed by atoms with Gasteiger partial charge in [-0.15, -0.1) is 11.3 Å². The third-order valence-electron chi connectivity index (χ3n) is 5.12. The Bertz CT molecular complexity index is 689. The summed E-state index contributed by atoms with van der Waals surface area (Å²) in [5, 5.41) is 4.81. The van der Waals surface area contributed by atoms with Crippen LogP contribution in [-0.4, -0.2) is 90.6 Å². The summed E-state index contributed by atoms with van der Waals surface area (Å²) in [6.45, 7) is 3.32. The lowest BCUT2D eigenvalue weighted by Crippen LogP contribution is -2.70. The summed E-state index contributed by atoms with van der Waals surface area (Å²) in [6, 6.07) is 2.72. The number of carbonyl (C=O) groups excluding carboxylic acids is 3. The molecule has 0 bridgehead atoms. The van der Waals surface area contributed by atoms with Crippen LogP contribution in [0.1, 0.15) is 4.88 Å². The van der Waals surface area contributed by atoms with E-state index in [4.69, 9.17) is 4.74 Å². The Labute approximate surface area is 155 Å². The number of urea groups is 1. The number of ether oxygens (including phenoxy) is 1. The van der Waals surface area contributed by atoms with E-state index >= 15 is 0 Å². The fourth-order valence-corrected chi connectivity index (χ4v) is 4.45. The molecular weight excluding hydrogens is 356 g/mol. The largest absolute Gasteiger partial charge is 0.378 e. The second-order valence-corrected chi connectivity index (χ2v) is 7.75. The Morgan fingerprint density at radius 1 is 1.19 bits per heavy atom. The van der Waals surface area contributed by atoms with Crippen LogP contribution >= 0.6 is 11.3 Å². The third kappa shape index (κ3) is 3.28. The van der Waals surface area contributed by atoms with Crippen molar-refractivity contribution >= 4 is 29.2 Å². The summed E-state index contributed by atoms with van der Waals surface area (Å²) in [4.78, 5) is 44.2. The topological polar surface area (TPSA) is 82.2 Å². The number of nitrogens with one attached hydrogen (secondary N) is 1. The van der Waals surface area contributed by atoms with Crippen molar-refractivity contribution in [2.75, 3.05) is 45.9 Å². The standard InChI is InChI=1S/C17H22N4O4S/c22-15-14-11-20(17(24)19-5-7-25-8-6-19)3-4-21(14)16(23)13(18-15)10-12-2-1-9-26-12/h1-2,9,13-14H,3-8,10-11H2,(H,18,22)/t13-,14-/m1/s1. The molecule has 3 aliphatic rings. The van der Waals surface area contributed by atoms with E-state index in [2.05, 4.69) is 5.32 Å². The lowest BCUT2D eigenvalue weighted by atomic mass is 10.0. The van der Waals surface area contributed by atoms with Gasteiger partial charge in [0, 0.05) is 37.5 Å². The molecule has 1 N–H and O–H groups in total. The second-order valence-electron chi connectivity index (χ2n) is 6.72. The first-order chi connectivity index (χ1) is 12.6. The number of carbonyl (C=O) groups is 3. The first kappa shape index (κ1) is 17.3. The fraction of sp³-hybridized carbons (Fsp3) is 0.588. The Morgan fingerprint density at radius 2 is 2.00 bits per heavy atom. The van der Waals surface area contributed by atoms with E-state index in [9.17, 15) is 14.4 Å². The predicted molar refractivity (Wildman–Crippen MR) is 94.8 cm³/mol. The van der Waals surface area contributed by atoms with Crippen LogP contribution in [0.3, 0.4) is 0 Å². The van der Waals surface area contributed by atoms with Crippen LogP contribution in [0.15, 0.2) is 17.5 Å². The molecule has 4 heterocycles. The van der Waals surface area contributed by atoms with E-state index in [1.807, 2.05) is 17.5 Å². The molecule has 3 saturated heterocycles. The smallest absolute Gasteiger partial charge is 0.320 e. The number of morpholine rings is 1. The molecule has 4 amide bonds. The maximum atomic E-state index is 12.8. The number of fused-ring (bicyclic) bond motifs is 1. The molecule has 0 radical (unpaired) electrons. The number of piperazine rings is 2. The van der Waals surface area contributed by atoms with Gasteiger partial charge in [0.05, 0.1) is 19.8 Å². The van der Waals surface area contributed by atoms with E-state index in [0.29, 0.717) is 45.8 Å². The van der Waals surface area contributed by atoms with Crippen molar-refractivity contribution in [2.24, 2.45) is 0 Å². The van der Waals surface area contributed by atoms with Crippen LogP contribution in [0.25, 0.3) is 0 Å². The van der Waals surface area contributed by atoms with E-state index < -0.39 is 12.1 Å². The van der Waals surface area contributed by atoms with E-state index in [1.165, 1.54) is 0 Å². The van der Waals surface area contributed by atoms with Gasteiger partial charge in [0.15, 0.2) is 0 Å². The van der Waals surface area contributed by atoms with Gasteiger partial charge in [-0.1, -0.05) is 6.07 Å². The third-order valence-corrected chi connectivity index (χ3v) is 6.02. The van der Waals surface area contributed by atoms with Gasteiger partial charge in [0.2, 0.25) is 11.8 Å². The number of nitrogens with zero attached hydrogens (tertiary/aromatic N) is 3. The number of amides is 4. The number of thiophene rings is 1. The van der Waals surface area contributed by atoms with Gasteiger partial charge in [0.1, 0.15) is 12.1 Å².